The van der Waals surface area contributed by atoms with Gasteiger partial charge in [-0.3, -0.25) is 0 Å². The van der Waals surface area contributed by atoms with Crippen LogP contribution in [0.15, 0.2) is 24.3 Å². The van der Waals surface area contributed by atoms with Gasteiger partial charge in [-0.05, 0) is 24.1 Å². The van der Waals surface area contributed by atoms with E-state index in [0.29, 0.717) is 5.13 Å². The summed E-state index contributed by atoms with van der Waals surface area (Å²) in [5.41, 5.74) is 13.2. The Bertz CT molecular complexity index is 452. The number of nitrogens with two attached hydrogens (primary N) is 2. The predicted molar refractivity (Wildman–Crippen MR) is 62.6 cm³/mol. The molecular weight excluding hydrogens is 208 g/mol. The first-order valence-corrected chi connectivity index (χ1v) is 5.48. The van der Waals surface area contributed by atoms with Gasteiger partial charge in [0.2, 0.25) is 5.13 Å². The Hall–Kier alpha value is -1.62. The molecule has 0 saturated heterocycles. The van der Waals surface area contributed by atoms with Crippen LogP contribution in [-0.2, 0) is 12.8 Å². The lowest BCUT2D eigenvalue weighted by Crippen LogP contribution is -1.92. The molecule has 78 valence electrons. The predicted octanol–water partition coefficient (Wildman–Crippen LogP) is 1.49. The van der Waals surface area contributed by atoms with Gasteiger partial charge in [0.15, 0.2) is 0 Å². The summed E-state index contributed by atoms with van der Waals surface area (Å²) in [6.07, 6.45) is 1.78. The standard InChI is InChI=1S/C10H12N4S/c11-8-3-1-2-7(6-8)4-5-9-13-14-10(12)15-9/h1-3,6H,4-5,11H2,(H2,12,14). The van der Waals surface area contributed by atoms with Gasteiger partial charge in [-0.25, -0.2) is 0 Å². The van der Waals surface area contributed by atoms with E-state index in [2.05, 4.69) is 16.3 Å². The van der Waals surface area contributed by atoms with Crippen molar-refractivity contribution < 1.29 is 0 Å². The van der Waals surface area contributed by atoms with E-state index in [1.165, 1.54) is 16.9 Å². The van der Waals surface area contributed by atoms with Crippen LogP contribution in [0, 0.1) is 0 Å². The van der Waals surface area contributed by atoms with Crippen molar-refractivity contribution in [3.05, 3.63) is 34.8 Å². The van der Waals surface area contributed by atoms with E-state index >= 15 is 0 Å². The third-order valence-electron chi connectivity index (χ3n) is 2.06. The molecule has 2 rings (SSSR count). The molecule has 0 aliphatic rings. The highest BCUT2D eigenvalue weighted by Crippen LogP contribution is 2.14. The second-order valence-electron chi connectivity index (χ2n) is 3.28. The fourth-order valence-corrected chi connectivity index (χ4v) is 1.98. The number of hydrogen-bond donors (Lipinski definition) is 2. The van der Waals surface area contributed by atoms with Crippen molar-refractivity contribution in [2.24, 2.45) is 0 Å². The van der Waals surface area contributed by atoms with Crippen molar-refractivity contribution >= 4 is 22.2 Å². The molecule has 0 bridgehead atoms. The molecule has 15 heavy (non-hydrogen) atoms. The summed E-state index contributed by atoms with van der Waals surface area (Å²) >= 11 is 1.44. The average Bonchev–Trinajstić information content (AvgIpc) is 2.62. The lowest BCUT2D eigenvalue weighted by atomic mass is 10.1. The summed E-state index contributed by atoms with van der Waals surface area (Å²) in [7, 11) is 0. The van der Waals surface area contributed by atoms with Gasteiger partial charge < -0.3 is 11.5 Å². The molecule has 1 heterocycles. The monoisotopic (exact) mass is 220 g/mol. The molecular formula is C10H12N4S. The van der Waals surface area contributed by atoms with Crippen LogP contribution in [-0.4, -0.2) is 10.2 Å². The van der Waals surface area contributed by atoms with Gasteiger partial charge in [0.1, 0.15) is 5.01 Å². The number of nitrogen functional groups attached to an aromatic ring is 2. The minimum Gasteiger partial charge on any atom is -0.399 e. The Balaban J connectivity index is 1.99. The maximum atomic E-state index is 5.69. The molecule has 4 nitrogen and oxygen atoms in total. The van der Waals surface area contributed by atoms with Gasteiger partial charge in [0, 0.05) is 12.1 Å². The van der Waals surface area contributed by atoms with Gasteiger partial charge >= 0.3 is 0 Å². The number of anilines is 2. The van der Waals surface area contributed by atoms with Crippen molar-refractivity contribution in [2.75, 3.05) is 11.5 Å². The highest BCUT2D eigenvalue weighted by atomic mass is 32.1. The van der Waals surface area contributed by atoms with E-state index in [9.17, 15) is 0 Å². The smallest absolute Gasteiger partial charge is 0.203 e. The number of aryl methyl sites for hydroxylation is 2. The van der Waals surface area contributed by atoms with Gasteiger partial charge in [-0.2, -0.15) is 0 Å². The molecule has 1 aromatic heterocycles. The third kappa shape index (κ3) is 2.66. The Labute approximate surface area is 91.9 Å². The molecule has 0 saturated carbocycles. The molecule has 2 aromatic rings. The lowest BCUT2D eigenvalue weighted by molar-refractivity contribution is 0.906. The van der Waals surface area contributed by atoms with E-state index < -0.39 is 0 Å². The van der Waals surface area contributed by atoms with Crippen LogP contribution in [0.4, 0.5) is 10.8 Å². The molecule has 5 heteroatoms. The van der Waals surface area contributed by atoms with E-state index in [4.69, 9.17) is 11.5 Å². The zero-order valence-corrected chi connectivity index (χ0v) is 9.00. The van der Waals surface area contributed by atoms with Crippen LogP contribution in [0.1, 0.15) is 10.6 Å². The first-order chi connectivity index (χ1) is 7.24. The van der Waals surface area contributed by atoms with Crippen LogP contribution in [0.25, 0.3) is 0 Å². The van der Waals surface area contributed by atoms with Crippen molar-refractivity contribution in [2.45, 2.75) is 12.8 Å². The average molecular weight is 220 g/mol. The minimum atomic E-state index is 0.526. The quantitative estimate of drug-likeness (QED) is 0.768. The van der Waals surface area contributed by atoms with Crippen LogP contribution in [0.3, 0.4) is 0 Å². The molecule has 0 aliphatic heterocycles. The molecule has 0 aliphatic carbocycles. The number of aromatic nitrogens is 2. The summed E-state index contributed by atoms with van der Waals surface area (Å²) in [5.74, 6) is 0. The number of benzene rings is 1. The van der Waals surface area contributed by atoms with Crippen LogP contribution in [0.2, 0.25) is 0 Å². The summed E-state index contributed by atoms with van der Waals surface area (Å²) < 4.78 is 0. The Morgan fingerprint density at radius 1 is 1.13 bits per heavy atom. The first-order valence-electron chi connectivity index (χ1n) is 4.66. The summed E-state index contributed by atoms with van der Waals surface area (Å²) in [5, 5.41) is 9.23. The maximum Gasteiger partial charge on any atom is 0.203 e. The summed E-state index contributed by atoms with van der Waals surface area (Å²) in [6.45, 7) is 0. The minimum absolute atomic E-state index is 0.526. The SMILES string of the molecule is Nc1cccc(CCc2nnc(N)s2)c1. The van der Waals surface area contributed by atoms with Crippen molar-refractivity contribution in [3.8, 4) is 0 Å². The Morgan fingerprint density at radius 2 is 2.00 bits per heavy atom. The van der Waals surface area contributed by atoms with Crippen LogP contribution in [0.5, 0.6) is 0 Å². The van der Waals surface area contributed by atoms with Crippen molar-refractivity contribution in [1.29, 1.82) is 0 Å². The molecule has 0 fully saturated rings. The number of nitrogens with zero attached hydrogens (tertiary/aromatic N) is 2. The molecule has 0 unspecified atom stereocenters. The fraction of sp³-hybridized carbons (Fsp3) is 0.200. The van der Waals surface area contributed by atoms with E-state index in [0.717, 1.165) is 23.5 Å². The van der Waals surface area contributed by atoms with Crippen LogP contribution >= 0.6 is 11.3 Å². The van der Waals surface area contributed by atoms with Crippen molar-refractivity contribution in [1.82, 2.24) is 10.2 Å². The largest absolute Gasteiger partial charge is 0.399 e. The van der Waals surface area contributed by atoms with Gasteiger partial charge in [-0.15, -0.1) is 10.2 Å². The molecule has 1 aromatic carbocycles. The van der Waals surface area contributed by atoms with E-state index in [1.807, 2.05) is 18.2 Å². The molecule has 0 radical (unpaired) electrons. The van der Waals surface area contributed by atoms with E-state index in [-0.39, 0.29) is 0 Å². The molecule has 0 amide bonds. The number of hydrogen-bond acceptors (Lipinski definition) is 5. The lowest BCUT2D eigenvalue weighted by Gasteiger charge is -1.99. The maximum absolute atomic E-state index is 5.69. The zero-order chi connectivity index (χ0) is 10.7. The van der Waals surface area contributed by atoms with Gasteiger partial charge in [-0.1, -0.05) is 23.5 Å². The number of rotatable bonds is 3. The van der Waals surface area contributed by atoms with Crippen molar-refractivity contribution in [3.63, 3.8) is 0 Å². The topological polar surface area (TPSA) is 77.8 Å². The molecule has 0 spiro atoms. The van der Waals surface area contributed by atoms with Crippen LogP contribution < -0.4 is 11.5 Å². The van der Waals surface area contributed by atoms with Gasteiger partial charge in [0.25, 0.3) is 0 Å². The van der Waals surface area contributed by atoms with E-state index in [1.54, 1.807) is 0 Å². The Morgan fingerprint density at radius 3 is 2.67 bits per heavy atom. The highest BCUT2D eigenvalue weighted by molar-refractivity contribution is 7.15. The summed E-state index contributed by atoms with van der Waals surface area (Å²) in [4.78, 5) is 0. The summed E-state index contributed by atoms with van der Waals surface area (Å²) in [6, 6.07) is 7.87. The third-order valence-corrected chi connectivity index (χ3v) is 2.87. The van der Waals surface area contributed by atoms with Gasteiger partial charge in [0.05, 0.1) is 0 Å². The normalized spacial score (nSPS) is 10.4. The molecule has 0 atom stereocenters. The fourth-order valence-electron chi connectivity index (χ4n) is 1.37. The molecule has 4 N–H and O–H groups in total. The Kier molecular flexibility index (Phi) is 2.82. The second kappa shape index (κ2) is 4.27. The second-order valence-corrected chi connectivity index (χ2v) is 4.37. The highest BCUT2D eigenvalue weighted by Gasteiger charge is 2.01. The first kappa shape index (κ1) is 9.92. The zero-order valence-electron chi connectivity index (χ0n) is 8.18.